The molecule has 1 rings (SSSR count). The fraction of sp³-hybridized carbons (Fsp3) is 0.786. The summed E-state index contributed by atoms with van der Waals surface area (Å²) in [6.07, 6.45) is 12.9. The molecule has 0 saturated carbocycles. The number of rotatable bonds is 8. The maximum atomic E-state index is 4.17. The van der Waals surface area contributed by atoms with Crippen molar-refractivity contribution >= 4 is 0 Å². The highest BCUT2D eigenvalue weighted by atomic mass is 14.9. The van der Waals surface area contributed by atoms with Crippen LogP contribution in [0.5, 0.6) is 0 Å². The molecular weight excluding hydrogens is 196 g/mol. The number of aromatic amines is 1. The minimum Gasteiger partial charge on any atom is -0.348 e. The number of H-pyrrole nitrogens is 1. The minimum absolute atomic E-state index is 0.307. The summed E-state index contributed by atoms with van der Waals surface area (Å²) >= 11 is 0. The fourth-order valence-electron chi connectivity index (χ4n) is 2.31. The lowest BCUT2D eigenvalue weighted by Crippen LogP contribution is -2.22. The smallest absolute Gasteiger partial charge is 0.0921 e. The molecule has 0 spiro atoms. The SMILES string of the molecule is CCCCCC(C)(CCCC)c1cnc[nH]1. The van der Waals surface area contributed by atoms with E-state index in [0.717, 1.165) is 0 Å². The predicted molar refractivity (Wildman–Crippen MR) is 69.6 cm³/mol. The van der Waals surface area contributed by atoms with E-state index in [1.165, 1.54) is 50.6 Å². The van der Waals surface area contributed by atoms with Crippen molar-refractivity contribution in [2.45, 2.75) is 71.1 Å². The molecule has 2 nitrogen and oxygen atoms in total. The topological polar surface area (TPSA) is 28.7 Å². The Bertz CT molecular complexity index is 266. The van der Waals surface area contributed by atoms with Crippen LogP contribution in [0, 0.1) is 0 Å². The van der Waals surface area contributed by atoms with E-state index in [4.69, 9.17) is 0 Å². The third kappa shape index (κ3) is 3.66. The van der Waals surface area contributed by atoms with Gasteiger partial charge in [0, 0.05) is 17.3 Å². The van der Waals surface area contributed by atoms with E-state index in [1.54, 1.807) is 6.33 Å². The van der Waals surface area contributed by atoms with Crippen molar-refractivity contribution in [2.75, 3.05) is 0 Å². The molecule has 16 heavy (non-hydrogen) atoms. The highest BCUT2D eigenvalue weighted by molar-refractivity contribution is 5.11. The first-order valence-electron chi connectivity index (χ1n) is 6.72. The zero-order valence-electron chi connectivity index (χ0n) is 11.1. The van der Waals surface area contributed by atoms with Crippen LogP contribution in [0.25, 0.3) is 0 Å². The van der Waals surface area contributed by atoms with Crippen LogP contribution in [-0.2, 0) is 5.41 Å². The van der Waals surface area contributed by atoms with Crippen LogP contribution in [0.1, 0.15) is 71.4 Å². The monoisotopic (exact) mass is 222 g/mol. The average Bonchev–Trinajstić information content (AvgIpc) is 2.81. The van der Waals surface area contributed by atoms with Crippen molar-refractivity contribution in [3.05, 3.63) is 18.2 Å². The van der Waals surface area contributed by atoms with Crippen LogP contribution in [0.2, 0.25) is 0 Å². The quantitative estimate of drug-likeness (QED) is 0.647. The van der Waals surface area contributed by atoms with Crippen LogP contribution < -0.4 is 0 Å². The Morgan fingerprint density at radius 2 is 1.81 bits per heavy atom. The summed E-state index contributed by atoms with van der Waals surface area (Å²) in [5, 5.41) is 0. The van der Waals surface area contributed by atoms with Gasteiger partial charge in [0.2, 0.25) is 0 Å². The predicted octanol–water partition coefficient (Wildman–Crippen LogP) is 4.44. The van der Waals surface area contributed by atoms with Gasteiger partial charge in [0.05, 0.1) is 6.33 Å². The van der Waals surface area contributed by atoms with Crippen molar-refractivity contribution in [1.29, 1.82) is 0 Å². The number of aromatic nitrogens is 2. The second kappa shape index (κ2) is 6.72. The molecule has 1 heterocycles. The maximum absolute atomic E-state index is 4.17. The molecule has 2 heteroatoms. The Labute approximate surface area is 99.9 Å². The van der Waals surface area contributed by atoms with Gasteiger partial charge in [-0.25, -0.2) is 4.98 Å². The highest BCUT2D eigenvalue weighted by Gasteiger charge is 2.26. The first kappa shape index (κ1) is 13.3. The van der Waals surface area contributed by atoms with Crippen molar-refractivity contribution in [1.82, 2.24) is 9.97 Å². The fourth-order valence-corrected chi connectivity index (χ4v) is 2.31. The Morgan fingerprint density at radius 1 is 1.12 bits per heavy atom. The van der Waals surface area contributed by atoms with Crippen molar-refractivity contribution in [2.24, 2.45) is 0 Å². The van der Waals surface area contributed by atoms with Crippen molar-refractivity contribution in [3.8, 4) is 0 Å². The summed E-state index contributed by atoms with van der Waals surface area (Å²) in [4.78, 5) is 7.47. The molecule has 1 aromatic rings. The van der Waals surface area contributed by atoms with Gasteiger partial charge >= 0.3 is 0 Å². The summed E-state index contributed by atoms with van der Waals surface area (Å²) in [6.45, 7) is 6.91. The summed E-state index contributed by atoms with van der Waals surface area (Å²) in [5.74, 6) is 0. The molecule has 0 aliphatic carbocycles. The standard InChI is InChI=1S/C14H26N2/c1-4-6-8-10-14(3,9-7-5-2)13-11-15-12-16-13/h11-12H,4-10H2,1-3H3,(H,15,16). The Kier molecular flexibility index (Phi) is 5.58. The van der Waals surface area contributed by atoms with Gasteiger partial charge in [0.15, 0.2) is 0 Å². The zero-order chi connectivity index (χ0) is 11.9. The van der Waals surface area contributed by atoms with Gasteiger partial charge in [-0.3, -0.25) is 0 Å². The molecule has 1 unspecified atom stereocenters. The lowest BCUT2D eigenvalue weighted by atomic mass is 9.77. The molecule has 1 N–H and O–H groups in total. The number of nitrogens with zero attached hydrogens (tertiary/aromatic N) is 1. The van der Waals surface area contributed by atoms with Crippen LogP contribution in [0.3, 0.4) is 0 Å². The normalized spacial score (nSPS) is 14.9. The van der Waals surface area contributed by atoms with E-state index in [2.05, 4.69) is 30.7 Å². The molecule has 0 bridgehead atoms. The highest BCUT2D eigenvalue weighted by Crippen LogP contribution is 2.33. The van der Waals surface area contributed by atoms with Crippen LogP contribution >= 0.6 is 0 Å². The lowest BCUT2D eigenvalue weighted by molar-refractivity contribution is 0.363. The number of unbranched alkanes of at least 4 members (excludes halogenated alkanes) is 3. The number of hydrogen-bond donors (Lipinski definition) is 1. The van der Waals surface area contributed by atoms with Crippen LogP contribution in [0.15, 0.2) is 12.5 Å². The van der Waals surface area contributed by atoms with Gasteiger partial charge in [-0.2, -0.15) is 0 Å². The molecule has 0 aliphatic heterocycles. The molecular formula is C14H26N2. The van der Waals surface area contributed by atoms with E-state index in [9.17, 15) is 0 Å². The summed E-state index contributed by atoms with van der Waals surface area (Å²) in [6, 6.07) is 0. The number of nitrogens with one attached hydrogen (secondary N) is 1. The summed E-state index contributed by atoms with van der Waals surface area (Å²) in [5.41, 5.74) is 1.62. The first-order chi connectivity index (χ1) is 7.73. The van der Waals surface area contributed by atoms with Crippen molar-refractivity contribution in [3.63, 3.8) is 0 Å². The third-order valence-corrected chi connectivity index (χ3v) is 3.56. The number of imidazole rings is 1. The van der Waals surface area contributed by atoms with Gasteiger partial charge < -0.3 is 4.98 Å². The maximum Gasteiger partial charge on any atom is 0.0921 e. The minimum atomic E-state index is 0.307. The first-order valence-corrected chi connectivity index (χ1v) is 6.72. The van der Waals surface area contributed by atoms with Gasteiger partial charge in [-0.05, 0) is 12.8 Å². The van der Waals surface area contributed by atoms with Gasteiger partial charge in [0.25, 0.3) is 0 Å². The van der Waals surface area contributed by atoms with Crippen LogP contribution in [0.4, 0.5) is 0 Å². The largest absolute Gasteiger partial charge is 0.348 e. The molecule has 0 aliphatic rings. The molecule has 0 saturated heterocycles. The molecule has 92 valence electrons. The zero-order valence-corrected chi connectivity index (χ0v) is 11.1. The molecule has 1 aromatic heterocycles. The van der Waals surface area contributed by atoms with E-state index in [1.807, 2.05) is 6.20 Å². The molecule has 1 atom stereocenters. The van der Waals surface area contributed by atoms with Gasteiger partial charge in [-0.15, -0.1) is 0 Å². The Morgan fingerprint density at radius 3 is 2.38 bits per heavy atom. The molecule has 0 fully saturated rings. The summed E-state index contributed by atoms with van der Waals surface area (Å²) < 4.78 is 0. The molecule has 0 aromatic carbocycles. The second-order valence-corrected chi connectivity index (χ2v) is 5.09. The number of hydrogen-bond acceptors (Lipinski definition) is 1. The van der Waals surface area contributed by atoms with Crippen LogP contribution in [-0.4, -0.2) is 9.97 Å². The van der Waals surface area contributed by atoms with Gasteiger partial charge in [0.1, 0.15) is 0 Å². The third-order valence-electron chi connectivity index (χ3n) is 3.56. The Balaban J connectivity index is 2.60. The Hall–Kier alpha value is -0.790. The second-order valence-electron chi connectivity index (χ2n) is 5.09. The van der Waals surface area contributed by atoms with Crippen molar-refractivity contribution < 1.29 is 0 Å². The molecule has 0 radical (unpaired) electrons. The van der Waals surface area contributed by atoms with E-state index >= 15 is 0 Å². The van der Waals surface area contributed by atoms with E-state index in [0.29, 0.717) is 5.41 Å². The lowest BCUT2D eigenvalue weighted by Gasteiger charge is -2.28. The van der Waals surface area contributed by atoms with E-state index < -0.39 is 0 Å². The van der Waals surface area contributed by atoms with E-state index in [-0.39, 0.29) is 0 Å². The average molecular weight is 222 g/mol. The van der Waals surface area contributed by atoms with Gasteiger partial charge in [-0.1, -0.05) is 52.9 Å². The summed E-state index contributed by atoms with van der Waals surface area (Å²) in [7, 11) is 0. The molecule has 0 amide bonds.